The molecule has 0 aliphatic carbocycles. The Morgan fingerprint density at radius 3 is 1.30 bits per heavy atom. The second-order valence-electron chi connectivity index (χ2n) is 4.06. The third kappa shape index (κ3) is 10.3. The lowest BCUT2D eigenvalue weighted by atomic mass is 10.1. The molecule has 0 amide bonds. The summed E-state index contributed by atoms with van der Waals surface area (Å²) in [5.74, 6) is 49.2. The summed E-state index contributed by atoms with van der Waals surface area (Å²) in [6.07, 6.45) is 4.96. The van der Waals surface area contributed by atoms with E-state index < -0.39 is 0 Å². The van der Waals surface area contributed by atoms with Crippen LogP contribution in [0.3, 0.4) is 0 Å². The Kier molecular flexibility index (Phi) is 10.6. The van der Waals surface area contributed by atoms with Crippen molar-refractivity contribution in [2.45, 2.75) is 6.92 Å². The van der Waals surface area contributed by atoms with Crippen LogP contribution >= 0.6 is 0 Å². The molecule has 0 aromatic heterocycles. The fraction of sp³-hybridized carbons (Fsp3) is 0.0370. The lowest BCUT2D eigenvalue weighted by Crippen LogP contribution is -1.81. The molecule has 1 aromatic carbocycles. The van der Waals surface area contributed by atoms with Crippen molar-refractivity contribution >= 4 is 0 Å². The first-order valence-corrected chi connectivity index (χ1v) is 7.37. The standard InChI is InChI=1S/C27H8/c1-3-5-7-9-11-13-15-17-19-23-27-25-21-20-24-26(27)22-18-16-14-12-10-8-6-4-2/h2,20-21,24-25H,1H3. The second-order valence-corrected chi connectivity index (χ2v) is 4.06. The molecule has 0 aliphatic heterocycles. The first kappa shape index (κ1) is 19.9. The second kappa shape index (κ2) is 14.4. The Morgan fingerprint density at radius 2 is 0.889 bits per heavy atom. The number of hydrogen-bond acceptors (Lipinski definition) is 0. The van der Waals surface area contributed by atoms with Gasteiger partial charge in [-0.05, 0) is 114 Å². The molecule has 0 unspecified atom stereocenters. The smallest absolute Gasteiger partial charge is 0.0412 e. The lowest BCUT2D eigenvalue weighted by Gasteiger charge is -1.93. The maximum absolute atomic E-state index is 4.96. The monoisotopic (exact) mass is 332 g/mol. The van der Waals surface area contributed by atoms with Gasteiger partial charge in [0.1, 0.15) is 0 Å². The molecule has 0 N–H and O–H groups in total. The van der Waals surface area contributed by atoms with E-state index in [2.05, 4.69) is 112 Å². The van der Waals surface area contributed by atoms with Crippen LogP contribution < -0.4 is 0 Å². The van der Waals surface area contributed by atoms with Crippen molar-refractivity contribution in [1.82, 2.24) is 0 Å². The molecule has 0 saturated heterocycles. The fourth-order valence-corrected chi connectivity index (χ4v) is 1.34. The molecule has 0 saturated carbocycles. The summed E-state index contributed by atoms with van der Waals surface area (Å²) in [6.45, 7) is 1.71. The van der Waals surface area contributed by atoms with Gasteiger partial charge in [-0.25, -0.2) is 0 Å². The molecule has 0 spiro atoms. The van der Waals surface area contributed by atoms with Crippen LogP contribution in [0.25, 0.3) is 0 Å². The first-order valence-electron chi connectivity index (χ1n) is 7.37. The molecular formula is C27H8. The van der Waals surface area contributed by atoms with Crippen LogP contribution in [-0.4, -0.2) is 0 Å². The summed E-state index contributed by atoms with van der Waals surface area (Å²) >= 11 is 0. The van der Waals surface area contributed by atoms with Crippen molar-refractivity contribution in [2.75, 3.05) is 0 Å². The van der Waals surface area contributed by atoms with Gasteiger partial charge in [0.15, 0.2) is 0 Å². The minimum Gasteiger partial charge on any atom is -0.106 e. The average Bonchev–Trinajstić information content (AvgIpc) is 2.69. The normalized spacial score (nSPS) is 5.48. The van der Waals surface area contributed by atoms with Crippen LogP contribution in [-0.2, 0) is 0 Å². The minimum atomic E-state index is 0.747. The molecule has 27 heavy (non-hydrogen) atoms. The molecule has 1 rings (SSSR count). The zero-order valence-electron chi connectivity index (χ0n) is 14.4. The van der Waals surface area contributed by atoms with E-state index >= 15 is 0 Å². The minimum absolute atomic E-state index is 0.747. The van der Waals surface area contributed by atoms with Crippen molar-refractivity contribution in [2.24, 2.45) is 0 Å². The van der Waals surface area contributed by atoms with E-state index in [-0.39, 0.29) is 0 Å². The SMILES string of the molecule is C#CC#CC#CC#CC#Cc1ccccc1C#CC#CC#CC#CC#CC. The molecule has 1 aromatic rings. The Bertz CT molecular complexity index is 1320. The van der Waals surface area contributed by atoms with Gasteiger partial charge in [-0.3, -0.25) is 0 Å². The van der Waals surface area contributed by atoms with Crippen molar-refractivity contribution in [1.29, 1.82) is 0 Å². The largest absolute Gasteiger partial charge is 0.106 e. The molecule has 116 valence electrons. The van der Waals surface area contributed by atoms with Gasteiger partial charge in [-0.2, -0.15) is 0 Å². The van der Waals surface area contributed by atoms with Crippen LogP contribution in [0.5, 0.6) is 0 Å². The van der Waals surface area contributed by atoms with Gasteiger partial charge < -0.3 is 0 Å². The third-order valence-electron chi connectivity index (χ3n) is 2.33. The van der Waals surface area contributed by atoms with Gasteiger partial charge in [0.25, 0.3) is 0 Å². The average molecular weight is 332 g/mol. The highest BCUT2D eigenvalue weighted by atomic mass is 13.9. The van der Waals surface area contributed by atoms with E-state index in [1.54, 1.807) is 6.92 Å². The van der Waals surface area contributed by atoms with Crippen LogP contribution in [0.15, 0.2) is 24.3 Å². The van der Waals surface area contributed by atoms with E-state index in [1.807, 2.05) is 24.3 Å². The number of hydrogen-bond donors (Lipinski definition) is 0. The van der Waals surface area contributed by atoms with E-state index in [0.29, 0.717) is 0 Å². The first-order chi connectivity index (χ1) is 13.4. The predicted octanol–water partition coefficient (Wildman–Crippen LogP) is 2.07. The fourth-order valence-electron chi connectivity index (χ4n) is 1.34. The molecule has 0 heteroatoms. The molecule has 0 atom stereocenters. The number of rotatable bonds is 0. The van der Waals surface area contributed by atoms with Gasteiger partial charge in [0.2, 0.25) is 0 Å². The summed E-state index contributed by atoms with van der Waals surface area (Å²) < 4.78 is 0. The van der Waals surface area contributed by atoms with E-state index in [0.717, 1.165) is 11.1 Å². The van der Waals surface area contributed by atoms with E-state index in [1.165, 1.54) is 0 Å². The summed E-state index contributed by atoms with van der Waals surface area (Å²) in [4.78, 5) is 0. The summed E-state index contributed by atoms with van der Waals surface area (Å²) in [6, 6.07) is 7.43. The number of benzene rings is 1. The molecule has 0 fully saturated rings. The van der Waals surface area contributed by atoms with E-state index in [9.17, 15) is 0 Å². The van der Waals surface area contributed by atoms with Crippen LogP contribution in [0.1, 0.15) is 18.1 Å². The molecule has 0 heterocycles. The lowest BCUT2D eigenvalue weighted by molar-refractivity contribution is 1.59. The van der Waals surface area contributed by atoms with Crippen molar-refractivity contribution in [3.05, 3.63) is 35.4 Å². The highest BCUT2D eigenvalue weighted by Crippen LogP contribution is 2.04. The van der Waals surface area contributed by atoms with Gasteiger partial charge in [0, 0.05) is 11.1 Å². The highest BCUT2D eigenvalue weighted by molar-refractivity contribution is 5.54. The zero-order valence-corrected chi connectivity index (χ0v) is 14.4. The highest BCUT2D eigenvalue weighted by Gasteiger charge is 1.93. The van der Waals surface area contributed by atoms with E-state index in [4.69, 9.17) is 6.42 Å². The molecular weight excluding hydrogens is 324 g/mol. The Morgan fingerprint density at radius 1 is 0.519 bits per heavy atom. The van der Waals surface area contributed by atoms with Crippen LogP contribution in [0, 0.1) is 119 Å². The van der Waals surface area contributed by atoms with Crippen molar-refractivity contribution < 1.29 is 0 Å². The maximum Gasteiger partial charge on any atom is 0.0412 e. The van der Waals surface area contributed by atoms with Gasteiger partial charge >= 0.3 is 0 Å². The molecule has 0 radical (unpaired) electrons. The van der Waals surface area contributed by atoms with Gasteiger partial charge in [-0.1, -0.05) is 29.9 Å². The Labute approximate surface area is 161 Å². The Hall–Kier alpha value is -5.18. The van der Waals surface area contributed by atoms with Crippen molar-refractivity contribution in [3.8, 4) is 119 Å². The summed E-state index contributed by atoms with van der Waals surface area (Å²) in [5, 5.41) is 0. The number of terminal acetylenes is 1. The van der Waals surface area contributed by atoms with Crippen molar-refractivity contribution in [3.63, 3.8) is 0 Å². The Balaban J connectivity index is 2.86. The van der Waals surface area contributed by atoms with Crippen LogP contribution in [0.4, 0.5) is 0 Å². The molecule has 0 aliphatic rings. The maximum atomic E-state index is 4.96. The topological polar surface area (TPSA) is 0 Å². The third-order valence-corrected chi connectivity index (χ3v) is 2.33. The molecule has 0 nitrogen and oxygen atoms in total. The summed E-state index contributed by atoms with van der Waals surface area (Å²) in [7, 11) is 0. The summed E-state index contributed by atoms with van der Waals surface area (Å²) in [5.41, 5.74) is 1.49. The quantitative estimate of drug-likeness (QED) is 0.638. The van der Waals surface area contributed by atoms with Gasteiger partial charge in [0.05, 0.1) is 0 Å². The zero-order chi connectivity index (χ0) is 19.4. The van der Waals surface area contributed by atoms with Crippen LogP contribution in [0.2, 0.25) is 0 Å². The van der Waals surface area contributed by atoms with Gasteiger partial charge in [-0.15, -0.1) is 6.42 Å². The molecule has 0 bridgehead atoms. The predicted molar refractivity (Wildman–Crippen MR) is 109 cm³/mol.